The first kappa shape index (κ1) is 16.1. The normalized spacial score (nSPS) is 10.7. The molecule has 2 N–H and O–H groups in total. The van der Waals surface area contributed by atoms with Gasteiger partial charge in [-0.15, -0.1) is 0 Å². The highest BCUT2D eigenvalue weighted by atomic mass is 79.9. The molecule has 0 radical (unpaired) electrons. The summed E-state index contributed by atoms with van der Waals surface area (Å²) < 4.78 is 0.832. The first-order valence-electron chi connectivity index (χ1n) is 6.28. The molecular weight excluding hydrogens is 366 g/mol. The van der Waals surface area contributed by atoms with Gasteiger partial charge in [-0.2, -0.15) is 5.26 Å². The topological polar surface area (TPSA) is 64.9 Å². The van der Waals surface area contributed by atoms with Crippen LogP contribution in [0, 0.1) is 11.3 Å². The zero-order chi connectivity index (χ0) is 15.9. The Bertz CT molecular complexity index is 768. The highest BCUT2D eigenvalue weighted by molar-refractivity contribution is 9.10. The minimum atomic E-state index is -0.510. The molecule has 22 heavy (non-hydrogen) atoms. The number of amides is 1. The highest BCUT2D eigenvalue weighted by Crippen LogP contribution is 2.21. The van der Waals surface area contributed by atoms with Crippen LogP contribution >= 0.6 is 27.5 Å². The molecule has 4 nitrogen and oxygen atoms in total. The van der Waals surface area contributed by atoms with Crippen LogP contribution < -0.4 is 10.6 Å². The molecule has 0 saturated heterocycles. The predicted molar refractivity (Wildman–Crippen MR) is 91.5 cm³/mol. The maximum Gasteiger partial charge on any atom is 0.267 e. The lowest BCUT2D eigenvalue weighted by Gasteiger charge is -2.06. The number of nitrogens with zero attached hydrogens (tertiary/aromatic N) is 1. The van der Waals surface area contributed by atoms with Gasteiger partial charge in [-0.3, -0.25) is 4.79 Å². The van der Waals surface area contributed by atoms with Crippen LogP contribution in [-0.4, -0.2) is 5.91 Å². The van der Waals surface area contributed by atoms with E-state index < -0.39 is 5.91 Å². The maximum atomic E-state index is 12.1. The van der Waals surface area contributed by atoms with Gasteiger partial charge in [0, 0.05) is 21.4 Å². The summed E-state index contributed by atoms with van der Waals surface area (Å²) in [6, 6.07) is 16.0. The number of nitriles is 1. The fourth-order valence-electron chi connectivity index (χ4n) is 1.64. The van der Waals surface area contributed by atoms with E-state index >= 15 is 0 Å². The Kier molecular flexibility index (Phi) is 5.59. The van der Waals surface area contributed by atoms with Crippen molar-refractivity contribution in [3.8, 4) is 6.07 Å². The van der Waals surface area contributed by atoms with Crippen LogP contribution in [0.3, 0.4) is 0 Å². The summed E-state index contributed by atoms with van der Waals surface area (Å²) in [6.45, 7) is 0. The minimum Gasteiger partial charge on any atom is -0.359 e. The molecule has 0 aliphatic heterocycles. The molecule has 2 aromatic rings. The second kappa shape index (κ2) is 7.64. The van der Waals surface area contributed by atoms with Gasteiger partial charge >= 0.3 is 0 Å². The average Bonchev–Trinajstić information content (AvgIpc) is 2.49. The minimum absolute atomic E-state index is 0.0456. The van der Waals surface area contributed by atoms with Gasteiger partial charge in [0.1, 0.15) is 11.6 Å². The standard InChI is InChI=1S/C16H11BrClN3O/c17-14-6-1-2-7-15(14)20-10-11(9-19)16(22)21-13-5-3-4-12(18)8-13/h1-8,10,20H,(H,21,22)/b11-10-. The fraction of sp³-hybridized carbons (Fsp3) is 0. The van der Waals surface area contributed by atoms with E-state index in [4.69, 9.17) is 16.9 Å². The first-order valence-corrected chi connectivity index (χ1v) is 7.45. The lowest BCUT2D eigenvalue weighted by molar-refractivity contribution is -0.112. The Balaban J connectivity index is 2.11. The second-order valence-corrected chi connectivity index (χ2v) is 5.55. The summed E-state index contributed by atoms with van der Waals surface area (Å²) in [5.41, 5.74) is 1.24. The summed E-state index contributed by atoms with van der Waals surface area (Å²) >= 11 is 9.23. The van der Waals surface area contributed by atoms with Crippen LogP contribution in [-0.2, 0) is 4.79 Å². The SMILES string of the molecule is N#C/C(=C/Nc1ccccc1Br)C(=O)Nc1cccc(Cl)c1. The van der Waals surface area contributed by atoms with Crippen LogP contribution in [0.4, 0.5) is 11.4 Å². The number of rotatable bonds is 4. The lowest BCUT2D eigenvalue weighted by Crippen LogP contribution is -2.14. The van der Waals surface area contributed by atoms with E-state index in [2.05, 4.69) is 26.6 Å². The third kappa shape index (κ3) is 4.35. The van der Waals surface area contributed by atoms with E-state index in [-0.39, 0.29) is 5.57 Å². The summed E-state index contributed by atoms with van der Waals surface area (Å²) in [5.74, 6) is -0.510. The van der Waals surface area contributed by atoms with E-state index in [9.17, 15) is 4.79 Å². The number of hydrogen-bond acceptors (Lipinski definition) is 3. The van der Waals surface area contributed by atoms with Gasteiger partial charge in [-0.1, -0.05) is 29.8 Å². The number of para-hydroxylation sites is 1. The van der Waals surface area contributed by atoms with E-state index in [1.54, 1.807) is 24.3 Å². The zero-order valence-corrected chi connectivity index (χ0v) is 13.6. The molecule has 0 heterocycles. The van der Waals surface area contributed by atoms with Crippen LogP contribution in [0.1, 0.15) is 0 Å². The van der Waals surface area contributed by atoms with Crippen molar-refractivity contribution in [2.45, 2.75) is 0 Å². The Morgan fingerprint density at radius 1 is 1.23 bits per heavy atom. The summed E-state index contributed by atoms with van der Waals surface area (Å²) in [6.07, 6.45) is 1.36. The molecule has 2 aromatic carbocycles. The predicted octanol–water partition coefficient (Wildman–Crippen LogP) is 4.56. The van der Waals surface area contributed by atoms with Gasteiger partial charge in [-0.05, 0) is 46.3 Å². The molecule has 0 atom stereocenters. The van der Waals surface area contributed by atoms with Crippen molar-refractivity contribution in [1.82, 2.24) is 0 Å². The lowest BCUT2D eigenvalue weighted by atomic mass is 10.2. The summed E-state index contributed by atoms with van der Waals surface area (Å²) in [4.78, 5) is 12.1. The quantitative estimate of drug-likeness (QED) is 0.607. The molecule has 0 bridgehead atoms. The van der Waals surface area contributed by atoms with E-state index in [0.29, 0.717) is 10.7 Å². The van der Waals surface area contributed by atoms with Crippen LogP contribution in [0.25, 0.3) is 0 Å². The van der Waals surface area contributed by atoms with E-state index in [1.807, 2.05) is 30.3 Å². The van der Waals surface area contributed by atoms with E-state index in [1.165, 1.54) is 6.20 Å². The highest BCUT2D eigenvalue weighted by Gasteiger charge is 2.09. The van der Waals surface area contributed by atoms with Gasteiger partial charge in [0.2, 0.25) is 0 Å². The second-order valence-electron chi connectivity index (χ2n) is 4.26. The molecule has 0 unspecified atom stereocenters. The van der Waals surface area contributed by atoms with Crippen molar-refractivity contribution in [2.24, 2.45) is 0 Å². The molecule has 0 fully saturated rings. The molecule has 0 spiro atoms. The van der Waals surface area contributed by atoms with Crippen molar-refractivity contribution >= 4 is 44.8 Å². The maximum absolute atomic E-state index is 12.1. The monoisotopic (exact) mass is 375 g/mol. The number of carbonyl (C=O) groups excluding carboxylic acids is 1. The first-order chi connectivity index (χ1) is 10.6. The number of halogens is 2. The van der Waals surface area contributed by atoms with Gasteiger partial charge in [-0.25, -0.2) is 0 Å². The molecule has 0 aliphatic carbocycles. The van der Waals surface area contributed by atoms with Crippen molar-refractivity contribution in [3.05, 3.63) is 69.8 Å². The molecular formula is C16H11BrClN3O. The molecule has 6 heteroatoms. The Morgan fingerprint density at radius 3 is 2.68 bits per heavy atom. The number of carbonyl (C=O) groups is 1. The summed E-state index contributed by atoms with van der Waals surface area (Å²) in [7, 11) is 0. The van der Waals surface area contributed by atoms with Crippen molar-refractivity contribution in [2.75, 3.05) is 10.6 Å². The van der Waals surface area contributed by atoms with Gasteiger partial charge < -0.3 is 10.6 Å². The zero-order valence-electron chi connectivity index (χ0n) is 11.3. The average molecular weight is 377 g/mol. The van der Waals surface area contributed by atoms with Crippen molar-refractivity contribution < 1.29 is 4.79 Å². The molecule has 0 aliphatic rings. The third-order valence-electron chi connectivity index (χ3n) is 2.69. The van der Waals surface area contributed by atoms with Gasteiger partial charge in [0.25, 0.3) is 5.91 Å². The molecule has 1 amide bonds. The van der Waals surface area contributed by atoms with Crippen LogP contribution in [0.15, 0.2) is 64.8 Å². The molecule has 110 valence electrons. The number of nitrogens with one attached hydrogen (secondary N) is 2. The molecule has 0 saturated carbocycles. The largest absolute Gasteiger partial charge is 0.359 e. The Hall–Kier alpha value is -2.29. The Labute approximate surface area is 141 Å². The van der Waals surface area contributed by atoms with Crippen molar-refractivity contribution in [1.29, 1.82) is 5.26 Å². The van der Waals surface area contributed by atoms with Crippen LogP contribution in [0.5, 0.6) is 0 Å². The smallest absolute Gasteiger partial charge is 0.267 e. The van der Waals surface area contributed by atoms with Gasteiger partial charge in [0.05, 0.1) is 5.69 Å². The third-order valence-corrected chi connectivity index (χ3v) is 3.62. The Morgan fingerprint density at radius 2 is 2.00 bits per heavy atom. The molecule has 2 rings (SSSR count). The van der Waals surface area contributed by atoms with Crippen molar-refractivity contribution in [3.63, 3.8) is 0 Å². The molecule has 0 aromatic heterocycles. The number of hydrogen-bond donors (Lipinski definition) is 2. The van der Waals surface area contributed by atoms with Crippen LogP contribution in [0.2, 0.25) is 5.02 Å². The number of benzene rings is 2. The summed E-state index contributed by atoms with van der Waals surface area (Å²) in [5, 5.41) is 15.2. The number of anilines is 2. The fourth-order valence-corrected chi connectivity index (χ4v) is 2.23. The van der Waals surface area contributed by atoms with E-state index in [0.717, 1.165) is 10.2 Å². The van der Waals surface area contributed by atoms with Gasteiger partial charge in [0.15, 0.2) is 0 Å².